The molecule has 2 aromatic heterocycles. The van der Waals surface area contributed by atoms with E-state index in [1.807, 2.05) is 0 Å². The number of rotatable bonds is 3. The van der Waals surface area contributed by atoms with E-state index in [2.05, 4.69) is 5.10 Å². The van der Waals surface area contributed by atoms with Gasteiger partial charge in [-0.2, -0.15) is 13.2 Å². The van der Waals surface area contributed by atoms with Gasteiger partial charge < -0.3 is 15.4 Å². The van der Waals surface area contributed by atoms with Gasteiger partial charge in [0.2, 0.25) is 5.75 Å². The van der Waals surface area contributed by atoms with Gasteiger partial charge in [0.05, 0.1) is 22.9 Å². The second-order valence-corrected chi connectivity index (χ2v) is 5.35. The molecular formula is C15H9F3N4O5. The quantitative estimate of drug-likeness (QED) is 0.235. The highest BCUT2D eigenvalue weighted by atomic mass is 19.4. The molecule has 0 aliphatic rings. The molecule has 2 heterocycles. The van der Waals surface area contributed by atoms with Crippen LogP contribution in [0.1, 0.15) is 5.56 Å². The van der Waals surface area contributed by atoms with Crippen LogP contribution in [0.5, 0.6) is 11.5 Å². The number of halogens is 3. The van der Waals surface area contributed by atoms with Gasteiger partial charge in [0.25, 0.3) is 0 Å². The second kappa shape index (κ2) is 6.16. The smallest absolute Gasteiger partial charge is 0.416 e. The Bertz CT molecular complexity index is 1050. The lowest BCUT2D eigenvalue weighted by molar-refractivity contribution is -0.600. The van der Waals surface area contributed by atoms with Crippen molar-refractivity contribution in [1.82, 2.24) is 9.78 Å². The minimum absolute atomic E-state index is 0.0164. The monoisotopic (exact) mass is 382 g/mol. The van der Waals surface area contributed by atoms with Crippen LogP contribution >= 0.6 is 0 Å². The Kier molecular flexibility index (Phi) is 4.10. The molecule has 3 aromatic rings. The summed E-state index contributed by atoms with van der Waals surface area (Å²) in [6.07, 6.45) is -2.89. The first-order valence-corrected chi connectivity index (χ1v) is 7.15. The van der Waals surface area contributed by atoms with E-state index in [0.29, 0.717) is 18.3 Å². The van der Waals surface area contributed by atoms with E-state index in [1.54, 1.807) is 0 Å². The zero-order valence-electron chi connectivity index (χ0n) is 13.1. The summed E-state index contributed by atoms with van der Waals surface area (Å²) < 4.78 is 39.8. The summed E-state index contributed by atoms with van der Waals surface area (Å²) in [4.78, 5) is 10.0. The summed E-state index contributed by atoms with van der Waals surface area (Å²) in [5, 5.41) is 46.0. The Morgan fingerprint density at radius 2 is 1.89 bits per heavy atom. The first kappa shape index (κ1) is 18.0. The lowest BCUT2D eigenvalue weighted by atomic mass is 10.1. The fourth-order valence-electron chi connectivity index (χ4n) is 2.40. The Morgan fingerprint density at radius 1 is 1.19 bits per heavy atom. The number of aromatic nitrogens is 3. The van der Waals surface area contributed by atoms with Crippen molar-refractivity contribution < 1.29 is 33.0 Å². The summed E-state index contributed by atoms with van der Waals surface area (Å²) >= 11 is 0. The van der Waals surface area contributed by atoms with Gasteiger partial charge in [0.15, 0.2) is 11.4 Å². The Labute approximate surface area is 147 Å². The van der Waals surface area contributed by atoms with Crippen LogP contribution in [0.3, 0.4) is 0 Å². The molecule has 0 fully saturated rings. The molecule has 0 amide bonds. The fraction of sp³-hybridized carbons (Fsp3) is 0.0667. The Hall–Kier alpha value is -3.83. The van der Waals surface area contributed by atoms with Gasteiger partial charge in [-0.1, -0.05) is 9.78 Å². The van der Waals surface area contributed by atoms with Crippen molar-refractivity contribution in [3.63, 3.8) is 0 Å². The SMILES string of the molecule is O=[N+]([O-])c1cc(-c2ccnn2-c2cc(C(F)(F)F)cc[n+]2[O-])cc(O)c1O. The van der Waals surface area contributed by atoms with Crippen LogP contribution in [0.25, 0.3) is 17.1 Å². The maximum absolute atomic E-state index is 12.9. The summed E-state index contributed by atoms with van der Waals surface area (Å²) in [6.45, 7) is 0. The number of alkyl halides is 3. The lowest BCUT2D eigenvalue weighted by Gasteiger charge is -2.12. The van der Waals surface area contributed by atoms with Gasteiger partial charge >= 0.3 is 17.7 Å². The van der Waals surface area contributed by atoms with Gasteiger partial charge in [-0.15, -0.1) is 0 Å². The van der Waals surface area contributed by atoms with Crippen molar-refractivity contribution in [3.8, 4) is 28.6 Å². The number of hydrogen-bond donors (Lipinski definition) is 2. The number of aromatic hydroxyl groups is 2. The van der Waals surface area contributed by atoms with Gasteiger partial charge in [-0.05, 0) is 12.1 Å². The van der Waals surface area contributed by atoms with Crippen molar-refractivity contribution in [2.45, 2.75) is 6.18 Å². The topological polar surface area (TPSA) is 128 Å². The molecule has 0 aliphatic heterocycles. The number of nitro groups is 1. The van der Waals surface area contributed by atoms with Crippen LogP contribution in [0.4, 0.5) is 18.9 Å². The average Bonchev–Trinajstić information content (AvgIpc) is 3.05. The molecule has 2 N–H and O–H groups in total. The van der Waals surface area contributed by atoms with Crippen LogP contribution in [-0.2, 0) is 6.18 Å². The van der Waals surface area contributed by atoms with E-state index in [1.165, 1.54) is 6.07 Å². The second-order valence-electron chi connectivity index (χ2n) is 5.35. The predicted molar refractivity (Wildman–Crippen MR) is 82.9 cm³/mol. The van der Waals surface area contributed by atoms with E-state index >= 15 is 0 Å². The first-order valence-electron chi connectivity index (χ1n) is 7.15. The van der Waals surface area contributed by atoms with E-state index in [4.69, 9.17) is 0 Å². The average molecular weight is 382 g/mol. The van der Waals surface area contributed by atoms with Crippen LogP contribution in [0.15, 0.2) is 42.7 Å². The van der Waals surface area contributed by atoms with Crippen LogP contribution in [0, 0.1) is 15.3 Å². The first-order chi connectivity index (χ1) is 12.6. The van der Waals surface area contributed by atoms with Gasteiger partial charge in [0, 0.05) is 23.8 Å². The maximum Gasteiger partial charge on any atom is 0.416 e. The highest BCUT2D eigenvalue weighted by Gasteiger charge is 2.33. The number of phenolic OH excluding ortho intramolecular Hbond substituents is 2. The minimum Gasteiger partial charge on any atom is -0.711 e. The molecule has 0 aliphatic carbocycles. The number of nitrogens with zero attached hydrogens (tertiary/aromatic N) is 4. The summed E-state index contributed by atoms with van der Waals surface area (Å²) in [7, 11) is 0. The summed E-state index contributed by atoms with van der Waals surface area (Å²) in [5.41, 5.74) is -1.98. The van der Waals surface area contributed by atoms with Gasteiger partial charge in [-0.3, -0.25) is 10.1 Å². The third-order valence-corrected chi connectivity index (χ3v) is 3.65. The van der Waals surface area contributed by atoms with Crippen LogP contribution in [0.2, 0.25) is 0 Å². The number of phenols is 2. The molecule has 0 atom stereocenters. The molecule has 0 bridgehead atoms. The third-order valence-electron chi connectivity index (χ3n) is 3.65. The maximum atomic E-state index is 12.9. The van der Waals surface area contributed by atoms with Crippen molar-refractivity contribution in [2.24, 2.45) is 0 Å². The minimum atomic E-state index is -4.70. The molecule has 0 saturated carbocycles. The predicted octanol–water partition coefficient (Wildman–Crippen LogP) is 2.51. The lowest BCUT2D eigenvalue weighted by Crippen LogP contribution is -2.33. The Balaban J connectivity index is 2.21. The molecule has 9 nitrogen and oxygen atoms in total. The normalized spacial score (nSPS) is 11.5. The largest absolute Gasteiger partial charge is 0.711 e. The molecule has 0 spiro atoms. The third kappa shape index (κ3) is 3.19. The highest BCUT2D eigenvalue weighted by Crippen LogP contribution is 2.39. The molecular weight excluding hydrogens is 373 g/mol. The number of nitro benzene ring substituents is 1. The number of benzene rings is 1. The molecule has 0 saturated heterocycles. The van der Waals surface area contributed by atoms with E-state index in [9.17, 15) is 38.7 Å². The zero-order valence-corrected chi connectivity index (χ0v) is 13.1. The molecule has 12 heteroatoms. The molecule has 1 aromatic carbocycles. The van der Waals surface area contributed by atoms with E-state index in [0.717, 1.165) is 23.0 Å². The molecule has 3 rings (SSSR count). The summed E-state index contributed by atoms with van der Waals surface area (Å²) in [5.74, 6) is -2.29. The standard InChI is InChI=1S/C15H9F3N4O5/c16-15(17,18)9-2-4-20(25)13(7-9)21-10(1-3-19-21)8-5-11(22(26)27)14(24)12(23)6-8/h1-7,23-24H. The Morgan fingerprint density at radius 3 is 2.52 bits per heavy atom. The molecule has 27 heavy (non-hydrogen) atoms. The van der Waals surface area contributed by atoms with E-state index < -0.39 is 39.7 Å². The molecule has 0 radical (unpaired) electrons. The fourth-order valence-corrected chi connectivity index (χ4v) is 2.40. The highest BCUT2D eigenvalue weighted by molar-refractivity contribution is 5.71. The molecule has 0 unspecified atom stereocenters. The van der Waals surface area contributed by atoms with Crippen LogP contribution in [-0.4, -0.2) is 24.9 Å². The number of pyridine rings is 1. The van der Waals surface area contributed by atoms with Crippen molar-refractivity contribution in [1.29, 1.82) is 0 Å². The number of hydrogen-bond acceptors (Lipinski definition) is 6. The van der Waals surface area contributed by atoms with E-state index in [-0.39, 0.29) is 16.0 Å². The summed E-state index contributed by atoms with van der Waals surface area (Å²) in [6, 6.07) is 4.29. The van der Waals surface area contributed by atoms with Crippen LogP contribution < -0.4 is 4.73 Å². The van der Waals surface area contributed by atoms with Gasteiger partial charge in [-0.25, -0.2) is 4.73 Å². The molecule has 140 valence electrons. The van der Waals surface area contributed by atoms with Crippen molar-refractivity contribution in [3.05, 3.63) is 63.6 Å². The van der Waals surface area contributed by atoms with Crippen molar-refractivity contribution >= 4 is 5.69 Å². The van der Waals surface area contributed by atoms with Crippen molar-refractivity contribution in [2.75, 3.05) is 0 Å². The van der Waals surface area contributed by atoms with Gasteiger partial charge in [0.1, 0.15) is 0 Å². The zero-order chi connectivity index (χ0) is 19.9.